The Kier molecular flexibility index (Phi) is 3.82. The summed E-state index contributed by atoms with van der Waals surface area (Å²) in [7, 11) is 0. The predicted octanol–water partition coefficient (Wildman–Crippen LogP) is -0.878. The van der Waals surface area contributed by atoms with E-state index in [9.17, 15) is 0 Å². The summed E-state index contributed by atoms with van der Waals surface area (Å²) >= 11 is 0. The van der Waals surface area contributed by atoms with Gasteiger partial charge < -0.3 is 9.80 Å². The maximum absolute atomic E-state index is 2.31. The molecule has 2 fully saturated rings. The van der Waals surface area contributed by atoms with Crippen LogP contribution in [-0.2, 0) is 0 Å². The molecule has 0 bridgehead atoms. The SMILES string of the molecule is CCC[NH+]1CCC([NH+]2CCCC2)CC1. The Morgan fingerprint density at radius 2 is 1.64 bits per heavy atom. The zero-order valence-corrected chi connectivity index (χ0v) is 9.65. The number of piperidine rings is 1. The summed E-state index contributed by atoms with van der Waals surface area (Å²) in [6, 6.07) is 1.03. The molecule has 0 aliphatic carbocycles. The van der Waals surface area contributed by atoms with Gasteiger partial charge in [-0.05, 0) is 6.42 Å². The number of hydrogen-bond donors (Lipinski definition) is 2. The van der Waals surface area contributed by atoms with Crippen LogP contribution in [0.4, 0.5) is 0 Å². The van der Waals surface area contributed by atoms with Gasteiger partial charge in [-0.3, -0.25) is 0 Å². The maximum Gasteiger partial charge on any atom is 0.0983 e. The highest BCUT2D eigenvalue weighted by Gasteiger charge is 2.30. The molecule has 0 amide bonds. The second-order valence-electron chi connectivity index (χ2n) is 5.14. The third-order valence-corrected chi connectivity index (χ3v) is 4.12. The summed E-state index contributed by atoms with van der Waals surface area (Å²) in [6.07, 6.45) is 7.31. The minimum Gasteiger partial charge on any atom is -0.335 e. The van der Waals surface area contributed by atoms with Gasteiger partial charge in [-0.25, -0.2) is 0 Å². The molecule has 2 N–H and O–H groups in total. The molecule has 0 aromatic heterocycles. The largest absolute Gasteiger partial charge is 0.335 e. The van der Waals surface area contributed by atoms with Gasteiger partial charge in [0.15, 0.2) is 0 Å². The van der Waals surface area contributed by atoms with Gasteiger partial charge in [-0.1, -0.05) is 6.92 Å². The van der Waals surface area contributed by atoms with Crippen LogP contribution < -0.4 is 9.80 Å². The summed E-state index contributed by atoms with van der Waals surface area (Å²) in [6.45, 7) is 9.54. The van der Waals surface area contributed by atoms with E-state index < -0.39 is 0 Å². The molecule has 2 aliphatic heterocycles. The first-order valence-corrected chi connectivity index (χ1v) is 6.58. The fourth-order valence-corrected chi connectivity index (χ4v) is 3.28. The van der Waals surface area contributed by atoms with Crippen LogP contribution in [0.3, 0.4) is 0 Å². The Morgan fingerprint density at radius 3 is 2.21 bits per heavy atom. The highest BCUT2D eigenvalue weighted by molar-refractivity contribution is 4.62. The highest BCUT2D eigenvalue weighted by Crippen LogP contribution is 1.99. The molecule has 2 rings (SSSR count). The fourth-order valence-electron chi connectivity index (χ4n) is 3.28. The second kappa shape index (κ2) is 5.13. The van der Waals surface area contributed by atoms with Gasteiger partial charge >= 0.3 is 0 Å². The lowest BCUT2D eigenvalue weighted by atomic mass is 10.0. The zero-order chi connectivity index (χ0) is 9.80. The van der Waals surface area contributed by atoms with E-state index in [-0.39, 0.29) is 0 Å². The topological polar surface area (TPSA) is 8.88 Å². The Morgan fingerprint density at radius 1 is 1.00 bits per heavy atom. The first-order chi connectivity index (χ1) is 6.90. The maximum atomic E-state index is 2.31. The van der Waals surface area contributed by atoms with Crippen LogP contribution in [0, 0.1) is 0 Å². The van der Waals surface area contributed by atoms with Crippen LogP contribution >= 0.6 is 0 Å². The number of rotatable bonds is 3. The van der Waals surface area contributed by atoms with E-state index in [1.54, 1.807) is 0 Å². The number of nitrogens with one attached hydrogen (secondary N) is 2. The van der Waals surface area contributed by atoms with E-state index in [0.29, 0.717) is 0 Å². The first kappa shape index (κ1) is 10.4. The van der Waals surface area contributed by atoms with E-state index in [1.165, 1.54) is 64.8 Å². The highest BCUT2D eigenvalue weighted by atomic mass is 15.2. The first-order valence-electron chi connectivity index (χ1n) is 6.58. The standard InChI is InChI=1S/C12H24N2/c1-2-7-13-10-5-12(6-11-13)14-8-3-4-9-14/h12H,2-11H2,1H3/p+2. The van der Waals surface area contributed by atoms with Crippen molar-refractivity contribution < 1.29 is 9.80 Å². The van der Waals surface area contributed by atoms with Gasteiger partial charge in [0.25, 0.3) is 0 Å². The van der Waals surface area contributed by atoms with E-state index in [1.807, 2.05) is 9.80 Å². The average molecular weight is 198 g/mol. The van der Waals surface area contributed by atoms with Crippen LogP contribution in [0.5, 0.6) is 0 Å². The lowest BCUT2D eigenvalue weighted by molar-refractivity contribution is -0.951. The van der Waals surface area contributed by atoms with Crippen molar-refractivity contribution in [1.29, 1.82) is 0 Å². The minimum atomic E-state index is 1.03. The van der Waals surface area contributed by atoms with Crippen molar-refractivity contribution in [2.45, 2.75) is 45.1 Å². The number of quaternary nitrogens is 2. The minimum absolute atomic E-state index is 1.03. The molecule has 2 nitrogen and oxygen atoms in total. The monoisotopic (exact) mass is 198 g/mol. The van der Waals surface area contributed by atoms with Gasteiger partial charge in [0.05, 0.1) is 38.8 Å². The molecule has 0 atom stereocenters. The summed E-state index contributed by atoms with van der Waals surface area (Å²) in [5.74, 6) is 0. The Hall–Kier alpha value is -0.0800. The average Bonchev–Trinajstić information content (AvgIpc) is 2.72. The fraction of sp³-hybridized carbons (Fsp3) is 1.00. The molecule has 2 saturated heterocycles. The van der Waals surface area contributed by atoms with Crippen LogP contribution in [0.2, 0.25) is 0 Å². The molecule has 2 aliphatic rings. The number of hydrogen-bond acceptors (Lipinski definition) is 0. The molecular formula is C12H26N2+2. The van der Waals surface area contributed by atoms with Crippen LogP contribution in [0.1, 0.15) is 39.0 Å². The summed E-state index contributed by atoms with van der Waals surface area (Å²) in [5, 5.41) is 0. The lowest BCUT2D eigenvalue weighted by Gasteiger charge is -2.32. The van der Waals surface area contributed by atoms with Gasteiger partial charge in [0, 0.05) is 25.7 Å². The van der Waals surface area contributed by atoms with Gasteiger partial charge in [-0.15, -0.1) is 0 Å². The predicted molar refractivity (Wildman–Crippen MR) is 58.8 cm³/mol. The third-order valence-electron chi connectivity index (χ3n) is 4.12. The smallest absolute Gasteiger partial charge is 0.0983 e. The Labute approximate surface area is 88.3 Å². The van der Waals surface area contributed by atoms with Crippen molar-refractivity contribution in [2.75, 3.05) is 32.7 Å². The van der Waals surface area contributed by atoms with Gasteiger partial charge in [0.2, 0.25) is 0 Å². The normalized spacial score (nSPS) is 34.9. The van der Waals surface area contributed by atoms with Crippen molar-refractivity contribution in [3.63, 3.8) is 0 Å². The summed E-state index contributed by atoms with van der Waals surface area (Å²) in [4.78, 5) is 3.79. The van der Waals surface area contributed by atoms with Gasteiger partial charge in [0.1, 0.15) is 0 Å². The third kappa shape index (κ3) is 2.48. The van der Waals surface area contributed by atoms with E-state index in [2.05, 4.69) is 6.92 Å². The Balaban J connectivity index is 1.72. The Bertz CT molecular complexity index is 156. The summed E-state index contributed by atoms with van der Waals surface area (Å²) in [5.41, 5.74) is 0. The molecular weight excluding hydrogens is 172 g/mol. The van der Waals surface area contributed by atoms with Crippen molar-refractivity contribution in [3.8, 4) is 0 Å². The molecule has 0 unspecified atom stereocenters. The van der Waals surface area contributed by atoms with Crippen molar-refractivity contribution in [1.82, 2.24) is 0 Å². The molecule has 2 heterocycles. The van der Waals surface area contributed by atoms with E-state index in [4.69, 9.17) is 0 Å². The summed E-state index contributed by atoms with van der Waals surface area (Å²) < 4.78 is 0. The quantitative estimate of drug-likeness (QED) is 0.583. The molecule has 14 heavy (non-hydrogen) atoms. The van der Waals surface area contributed by atoms with E-state index >= 15 is 0 Å². The van der Waals surface area contributed by atoms with Crippen molar-refractivity contribution in [3.05, 3.63) is 0 Å². The molecule has 0 spiro atoms. The molecule has 0 aromatic rings. The van der Waals surface area contributed by atoms with Gasteiger partial charge in [-0.2, -0.15) is 0 Å². The van der Waals surface area contributed by atoms with Crippen molar-refractivity contribution >= 4 is 0 Å². The molecule has 2 heteroatoms. The zero-order valence-electron chi connectivity index (χ0n) is 9.65. The second-order valence-corrected chi connectivity index (χ2v) is 5.14. The molecule has 0 radical (unpaired) electrons. The van der Waals surface area contributed by atoms with Crippen LogP contribution in [-0.4, -0.2) is 38.8 Å². The van der Waals surface area contributed by atoms with Crippen molar-refractivity contribution in [2.24, 2.45) is 0 Å². The molecule has 0 aromatic carbocycles. The molecule has 82 valence electrons. The lowest BCUT2D eigenvalue weighted by Crippen LogP contribution is -3.19. The van der Waals surface area contributed by atoms with Crippen LogP contribution in [0.15, 0.2) is 0 Å². The van der Waals surface area contributed by atoms with Crippen LogP contribution in [0.25, 0.3) is 0 Å². The number of likely N-dealkylation sites (tertiary alicyclic amines) is 2. The molecule has 0 saturated carbocycles. The van der Waals surface area contributed by atoms with E-state index in [0.717, 1.165) is 6.04 Å².